The number of nitrogens with one attached hydrogen (secondary N) is 1. The minimum Gasteiger partial charge on any atom is -0.464 e. The van der Waals surface area contributed by atoms with Crippen LogP contribution in [0.15, 0.2) is 50.6 Å². The monoisotopic (exact) mass is 525 g/mol. The Morgan fingerprint density at radius 2 is 1.89 bits per heavy atom. The van der Waals surface area contributed by atoms with Crippen LogP contribution in [-0.2, 0) is 22.6 Å². The average Bonchev–Trinajstić information content (AvgIpc) is 3.68. The molecule has 3 aromatic heterocycles. The first kappa shape index (κ1) is 25.8. The Kier molecular flexibility index (Phi) is 8.43. The molecule has 8 nitrogen and oxygen atoms in total. The van der Waals surface area contributed by atoms with Crippen molar-refractivity contribution in [1.29, 1.82) is 0 Å². The lowest BCUT2D eigenvalue weighted by atomic mass is 9.95. The second kappa shape index (κ2) is 12.1. The fourth-order valence-electron chi connectivity index (χ4n) is 5.10. The Balaban J connectivity index is 1.42. The molecule has 2 amide bonds. The topological polar surface area (TPSA) is 88.2 Å². The van der Waals surface area contributed by atoms with Crippen LogP contribution in [0.4, 0.5) is 0 Å². The van der Waals surface area contributed by atoms with Crippen molar-refractivity contribution in [2.75, 3.05) is 26.3 Å². The second-order valence-corrected chi connectivity index (χ2v) is 10.9. The summed E-state index contributed by atoms with van der Waals surface area (Å²) in [4.78, 5) is 32.6. The van der Waals surface area contributed by atoms with Gasteiger partial charge in [-0.25, -0.2) is 0 Å². The third-order valence-corrected chi connectivity index (χ3v) is 7.93. The second-order valence-electron chi connectivity index (χ2n) is 9.86. The molecule has 0 spiro atoms. The van der Waals surface area contributed by atoms with E-state index >= 15 is 0 Å². The van der Waals surface area contributed by atoms with Gasteiger partial charge in [0.2, 0.25) is 0 Å². The molecule has 1 aliphatic carbocycles. The number of hydrogen-bond donors (Lipinski definition) is 1. The molecule has 198 valence electrons. The molecule has 1 N–H and O–H groups in total. The summed E-state index contributed by atoms with van der Waals surface area (Å²) in [7, 11) is 0. The van der Waals surface area contributed by atoms with Gasteiger partial charge in [0.25, 0.3) is 11.8 Å². The zero-order valence-corrected chi connectivity index (χ0v) is 22.1. The number of hydrogen-bond acceptors (Lipinski definition) is 7. The molecule has 2 aliphatic rings. The van der Waals surface area contributed by atoms with Gasteiger partial charge < -0.3 is 23.8 Å². The van der Waals surface area contributed by atoms with Crippen molar-refractivity contribution in [1.82, 2.24) is 15.1 Å². The Morgan fingerprint density at radius 1 is 1.08 bits per heavy atom. The number of morpholine rings is 1. The molecular formula is C28H35N3O5S. The molecule has 0 unspecified atom stereocenters. The lowest BCUT2D eigenvalue weighted by Crippen LogP contribution is -2.46. The van der Waals surface area contributed by atoms with E-state index in [1.807, 2.05) is 36.6 Å². The molecule has 0 radical (unpaired) electrons. The van der Waals surface area contributed by atoms with E-state index in [0.29, 0.717) is 31.3 Å². The Hall–Kier alpha value is -2.88. The normalized spacial score (nSPS) is 18.0. The highest BCUT2D eigenvalue weighted by molar-refractivity contribution is 7.09. The van der Waals surface area contributed by atoms with Crippen LogP contribution in [0.5, 0.6) is 0 Å². The number of ether oxygens (including phenoxy) is 1. The summed E-state index contributed by atoms with van der Waals surface area (Å²) in [6, 6.07) is 10.3. The van der Waals surface area contributed by atoms with E-state index in [-0.39, 0.29) is 30.2 Å². The van der Waals surface area contributed by atoms with E-state index in [1.54, 1.807) is 28.4 Å². The maximum Gasteiger partial charge on any atom is 0.290 e. The summed E-state index contributed by atoms with van der Waals surface area (Å²) in [5.41, 5.74) is 0. The van der Waals surface area contributed by atoms with Gasteiger partial charge in [-0.15, -0.1) is 11.3 Å². The molecule has 2 fully saturated rings. The standard InChI is InChI=1S/C28H35N3O5S/c1-20-9-11-24(35-20)26(27(32)29-21-6-3-2-4-7-21)31(19-23-8-5-17-37-23)28(33)25-12-10-22(36-25)18-30-13-15-34-16-14-30/h5,8-12,17,21,26H,2-4,6-7,13-16,18-19H2,1H3,(H,29,32)/t26-/m1/s1. The van der Waals surface area contributed by atoms with Gasteiger partial charge in [-0.1, -0.05) is 25.3 Å². The molecule has 1 atom stereocenters. The van der Waals surface area contributed by atoms with Gasteiger partial charge in [0, 0.05) is 24.0 Å². The fraction of sp³-hybridized carbons (Fsp3) is 0.500. The van der Waals surface area contributed by atoms with Crippen molar-refractivity contribution in [2.45, 2.75) is 64.2 Å². The maximum absolute atomic E-state index is 14.0. The van der Waals surface area contributed by atoms with Crippen molar-refractivity contribution in [2.24, 2.45) is 0 Å². The minimum absolute atomic E-state index is 0.113. The van der Waals surface area contributed by atoms with Crippen molar-refractivity contribution >= 4 is 23.2 Å². The average molecular weight is 526 g/mol. The van der Waals surface area contributed by atoms with E-state index in [9.17, 15) is 9.59 Å². The van der Waals surface area contributed by atoms with Gasteiger partial charge in [0.15, 0.2) is 11.8 Å². The summed E-state index contributed by atoms with van der Waals surface area (Å²) in [6.45, 7) is 5.78. The fourth-order valence-corrected chi connectivity index (χ4v) is 5.80. The van der Waals surface area contributed by atoms with Crippen molar-refractivity contribution in [3.05, 3.63) is 69.7 Å². The van der Waals surface area contributed by atoms with E-state index in [2.05, 4.69) is 10.2 Å². The van der Waals surface area contributed by atoms with E-state index in [0.717, 1.165) is 49.4 Å². The minimum atomic E-state index is -0.905. The van der Waals surface area contributed by atoms with Crippen molar-refractivity contribution in [3.8, 4) is 0 Å². The zero-order chi connectivity index (χ0) is 25.6. The van der Waals surface area contributed by atoms with Crippen LogP contribution in [0.2, 0.25) is 0 Å². The number of thiophene rings is 1. The van der Waals surface area contributed by atoms with Crippen LogP contribution in [-0.4, -0.2) is 54.0 Å². The highest BCUT2D eigenvalue weighted by Gasteiger charge is 2.37. The maximum atomic E-state index is 14.0. The van der Waals surface area contributed by atoms with Crippen LogP contribution in [0.1, 0.15) is 70.9 Å². The van der Waals surface area contributed by atoms with Crippen LogP contribution in [0, 0.1) is 6.92 Å². The van der Waals surface area contributed by atoms with E-state index < -0.39 is 6.04 Å². The van der Waals surface area contributed by atoms with Gasteiger partial charge in [-0.05, 0) is 55.5 Å². The van der Waals surface area contributed by atoms with Crippen LogP contribution >= 0.6 is 11.3 Å². The smallest absolute Gasteiger partial charge is 0.290 e. The SMILES string of the molecule is Cc1ccc([C@H](C(=O)NC2CCCCC2)N(Cc2cccs2)C(=O)c2ccc(CN3CCOCC3)o2)o1. The van der Waals surface area contributed by atoms with Crippen molar-refractivity contribution in [3.63, 3.8) is 0 Å². The molecule has 5 rings (SSSR count). The highest BCUT2D eigenvalue weighted by atomic mass is 32.1. The third-order valence-electron chi connectivity index (χ3n) is 7.06. The zero-order valence-electron chi connectivity index (χ0n) is 21.3. The molecule has 37 heavy (non-hydrogen) atoms. The summed E-state index contributed by atoms with van der Waals surface area (Å²) >= 11 is 1.55. The molecular weight excluding hydrogens is 490 g/mol. The molecule has 9 heteroatoms. The largest absolute Gasteiger partial charge is 0.464 e. The molecule has 3 aromatic rings. The number of amides is 2. The highest BCUT2D eigenvalue weighted by Crippen LogP contribution is 2.30. The lowest BCUT2D eigenvalue weighted by Gasteiger charge is -2.31. The van der Waals surface area contributed by atoms with E-state index in [1.165, 1.54) is 6.42 Å². The van der Waals surface area contributed by atoms with E-state index in [4.69, 9.17) is 13.6 Å². The first-order chi connectivity index (χ1) is 18.1. The predicted molar refractivity (Wildman–Crippen MR) is 140 cm³/mol. The number of aryl methyl sites for hydroxylation is 1. The van der Waals surface area contributed by atoms with Gasteiger partial charge >= 0.3 is 0 Å². The first-order valence-corrected chi connectivity index (χ1v) is 14.0. The summed E-state index contributed by atoms with van der Waals surface area (Å²) in [5.74, 6) is 1.54. The van der Waals surface area contributed by atoms with Gasteiger partial charge in [0.05, 0.1) is 26.3 Å². The summed E-state index contributed by atoms with van der Waals surface area (Å²) in [6.07, 6.45) is 5.31. The Bertz CT molecular complexity index is 1160. The molecule has 0 bridgehead atoms. The number of carbonyl (C=O) groups is 2. The summed E-state index contributed by atoms with van der Waals surface area (Å²) < 4.78 is 17.4. The Labute approximate surface area is 221 Å². The van der Waals surface area contributed by atoms with Gasteiger partial charge in [-0.2, -0.15) is 0 Å². The van der Waals surface area contributed by atoms with Crippen LogP contribution in [0.25, 0.3) is 0 Å². The molecule has 1 saturated carbocycles. The van der Waals surface area contributed by atoms with Gasteiger partial charge in [-0.3, -0.25) is 14.5 Å². The lowest BCUT2D eigenvalue weighted by molar-refractivity contribution is -0.127. The molecule has 0 aromatic carbocycles. The first-order valence-electron chi connectivity index (χ1n) is 13.2. The number of carbonyl (C=O) groups excluding carboxylic acids is 2. The summed E-state index contributed by atoms with van der Waals surface area (Å²) in [5, 5.41) is 5.19. The Morgan fingerprint density at radius 3 is 2.59 bits per heavy atom. The predicted octanol–water partition coefficient (Wildman–Crippen LogP) is 4.91. The van der Waals surface area contributed by atoms with Crippen LogP contribution in [0.3, 0.4) is 0 Å². The van der Waals surface area contributed by atoms with Gasteiger partial charge in [0.1, 0.15) is 17.3 Å². The third kappa shape index (κ3) is 6.52. The molecule has 4 heterocycles. The number of nitrogens with zero attached hydrogens (tertiary/aromatic N) is 2. The number of furan rings is 2. The quantitative estimate of drug-likeness (QED) is 0.427. The van der Waals surface area contributed by atoms with Crippen molar-refractivity contribution < 1.29 is 23.2 Å². The van der Waals surface area contributed by atoms with Crippen LogP contribution < -0.4 is 5.32 Å². The molecule has 1 aliphatic heterocycles. The number of rotatable bonds is 9. The molecule has 1 saturated heterocycles.